The molecule has 0 aliphatic heterocycles. The van der Waals surface area contributed by atoms with Crippen LogP contribution in [0.5, 0.6) is 0 Å². The minimum absolute atomic E-state index is 0.177. The zero-order valence-corrected chi connectivity index (χ0v) is 11.0. The number of anilines is 1. The van der Waals surface area contributed by atoms with Gasteiger partial charge in [0, 0.05) is 16.1 Å². The van der Waals surface area contributed by atoms with Gasteiger partial charge in [0.1, 0.15) is 0 Å². The van der Waals surface area contributed by atoms with E-state index >= 15 is 0 Å². The molecule has 3 nitrogen and oxygen atoms in total. The molecule has 2 aromatic carbocycles. The van der Waals surface area contributed by atoms with Crippen LogP contribution in [0.3, 0.4) is 0 Å². The molecule has 4 heteroatoms. The van der Waals surface area contributed by atoms with Gasteiger partial charge in [-0.3, -0.25) is 4.79 Å². The molecule has 94 valence electrons. The van der Waals surface area contributed by atoms with E-state index in [1.54, 1.807) is 30.3 Å². The lowest BCUT2D eigenvalue weighted by Gasteiger charge is -2.06. The number of hydrogen-bond acceptors (Lipinski definition) is 3. The molecule has 0 bridgehead atoms. The molecule has 19 heavy (non-hydrogen) atoms. The molecule has 0 heterocycles. The molecule has 1 N–H and O–H groups in total. The van der Waals surface area contributed by atoms with E-state index in [0.29, 0.717) is 17.7 Å². The average Bonchev–Trinajstić information content (AvgIpc) is 2.41. The Morgan fingerprint density at radius 1 is 1.21 bits per heavy atom. The number of thiol groups is 1. The Labute approximate surface area is 117 Å². The predicted octanol–water partition coefficient (Wildman–Crippen LogP) is 3.29. The molecule has 0 aromatic heterocycles. The fourth-order valence-electron chi connectivity index (χ4n) is 1.65. The number of amides is 1. The number of carbonyl (C=O) groups is 1. The number of nitriles is 1. The van der Waals surface area contributed by atoms with Crippen LogP contribution >= 0.6 is 12.6 Å². The van der Waals surface area contributed by atoms with Gasteiger partial charge < -0.3 is 5.32 Å². The molecule has 2 rings (SSSR count). The number of carbonyl (C=O) groups excluding carboxylic acids is 1. The fourth-order valence-corrected chi connectivity index (χ4v) is 1.87. The van der Waals surface area contributed by atoms with E-state index in [1.807, 2.05) is 18.2 Å². The summed E-state index contributed by atoms with van der Waals surface area (Å²) in [6.07, 6.45) is 0.371. The highest BCUT2D eigenvalue weighted by Crippen LogP contribution is 2.13. The van der Waals surface area contributed by atoms with Crippen molar-refractivity contribution < 1.29 is 4.79 Å². The van der Waals surface area contributed by atoms with Crippen LogP contribution in [0.25, 0.3) is 0 Å². The third-order valence-corrected chi connectivity index (χ3v) is 2.88. The maximum Gasteiger partial charge on any atom is 0.255 e. The van der Waals surface area contributed by atoms with Gasteiger partial charge in [-0.05, 0) is 35.9 Å². The largest absolute Gasteiger partial charge is 0.322 e. The first-order valence-electron chi connectivity index (χ1n) is 5.75. The molecule has 0 saturated carbocycles. The second kappa shape index (κ2) is 6.07. The van der Waals surface area contributed by atoms with Crippen LogP contribution < -0.4 is 5.32 Å². The van der Waals surface area contributed by atoms with Gasteiger partial charge in [0.25, 0.3) is 5.91 Å². The molecule has 0 aliphatic rings. The molecule has 0 fully saturated rings. The lowest BCUT2D eigenvalue weighted by molar-refractivity contribution is 0.102. The van der Waals surface area contributed by atoms with Crippen molar-refractivity contribution in [2.24, 2.45) is 0 Å². The van der Waals surface area contributed by atoms with E-state index in [0.717, 1.165) is 10.5 Å². The van der Waals surface area contributed by atoms with E-state index in [4.69, 9.17) is 5.26 Å². The van der Waals surface area contributed by atoms with Crippen molar-refractivity contribution in [3.05, 3.63) is 59.7 Å². The van der Waals surface area contributed by atoms with Crippen molar-refractivity contribution >= 4 is 24.2 Å². The Bertz CT molecular complexity index is 629. The van der Waals surface area contributed by atoms with E-state index in [1.165, 1.54) is 0 Å². The minimum atomic E-state index is -0.177. The second-order valence-electron chi connectivity index (χ2n) is 4.04. The number of nitrogens with zero attached hydrogens (tertiary/aromatic N) is 1. The molecule has 1 amide bonds. The van der Waals surface area contributed by atoms with E-state index in [9.17, 15) is 4.79 Å². The predicted molar refractivity (Wildman–Crippen MR) is 77.4 cm³/mol. The maximum absolute atomic E-state index is 12.0. The summed E-state index contributed by atoms with van der Waals surface area (Å²) in [6.45, 7) is 0. The Balaban J connectivity index is 2.09. The van der Waals surface area contributed by atoms with Gasteiger partial charge in [-0.25, -0.2) is 0 Å². The smallest absolute Gasteiger partial charge is 0.255 e. The van der Waals surface area contributed by atoms with Gasteiger partial charge in [0.05, 0.1) is 12.5 Å². The van der Waals surface area contributed by atoms with Gasteiger partial charge >= 0.3 is 0 Å². The van der Waals surface area contributed by atoms with Crippen LogP contribution in [0.15, 0.2) is 53.4 Å². The number of rotatable bonds is 3. The summed E-state index contributed by atoms with van der Waals surface area (Å²) in [5.41, 5.74) is 2.20. The number of hydrogen-bond donors (Lipinski definition) is 2. The maximum atomic E-state index is 12.0. The molecular formula is C15H12N2OS. The van der Waals surface area contributed by atoms with Crippen LogP contribution in [0, 0.1) is 11.3 Å². The molecule has 0 atom stereocenters. The second-order valence-corrected chi connectivity index (χ2v) is 4.55. The van der Waals surface area contributed by atoms with Gasteiger partial charge in [0.15, 0.2) is 0 Å². The highest BCUT2D eigenvalue weighted by atomic mass is 32.1. The highest BCUT2D eigenvalue weighted by molar-refractivity contribution is 7.80. The lowest BCUT2D eigenvalue weighted by atomic mass is 10.1. The summed E-state index contributed by atoms with van der Waals surface area (Å²) in [4.78, 5) is 12.7. The van der Waals surface area contributed by atoms with E-state index < -0.39 is 0 Å². The Morgan fingerprint density at radius 3 is 2.58 bits per heavy atom. The van der Waals surface area contributed by atoms with Gasteiger partial charge in [-0.15, -0.1) is 12.6 Å². The van der Waals surface area contributed by atoms with Gasteiger partial charge in [0.2, 0.25) is 0 Å². The Morgan fingerprint density at radius 2 is 1.95 bits per heavy atom. The summed E-state index contributed by atoms with van der Waals surface area (Å²) in [7, 11) is 0. The topological polar surface area (TPSA) is 52.9 Å². The van der Waals surface area contributed by atoms with Crippen molar-refractivity contribution in [1.29, 1.82) is 5.26 Å². The SMILES string of the molecule is N#CCc1ccc(NC(=O)c2cccc(S)c2)cc1. The van der Waals surface area contributed by atoms with Gasteiger partial charge in [-0.1, -0.05) is 18.2 Å². The summed E-state index contributed by atoms with van der Waals surface area (Å²) < 4.78 is 0. The van der Waals surface area contributed by atoms with Crippen LogP contribution in [-0.2, 0) is 6.42 Å². The lowest BCUT2D eigenvalue weighted by Crippen LogP contribution is -2.11. The first-order valence-corrected chi connectivity index (χ1v) is 6.20. The monoisotopic (exact) mass is 268 g/mol. The van der Waals surface area contributed by atoms with Crippen LogP contribution in [-0.4, -0.2) is 5.91 Å². The molecule has 0 unspecified atom stereocenters. The van der Waals surface area contributed by atoms with Gasteiger partial charge in [-0.2, -0.15) is 5.26 Å². The van der Waals surface area contributed by atoms with Crippen molar-refractivity contribution in [3.8, 4) is 6.07 Å². The zero-order valence-electron chi connectivity index (χ0n) is 10.1. The van der Waals surface area contributed by atoms with E-state index in [-0.39, 0.29) is 5.91 Å². The molecule has 2 aromatic rings. The van der Waals surface area contributed by atoms with Crippen molar-refractivity contribution in [1.82, 2.24) is 0 Å². The minimum Gasteiger partial charge on any atom is -0.322 e. The number of benzene rings is 2. The molecule has 0 spiro atoms. The average molecular weight is 268 g/mol. The number of nitrogens with one attached hydrogen (secondary N) is 1. The fraction of sp³-hybridized carbons (Fsp3) is 0.0667. The first-order chi connectivity index (χ1) is 9.19. The molecule has 0 saturated heterocycles. The Kier molecular flexibility index (Phi) is 4.22. The van der Waals surface area contributed by atoms with Crippen molar-refractivity contribution in [3.63, 3.8) is 0 Å². The normalized spacial score (nSPS) is 9.68. The Hall–Kier alpha value is -2.25. The quantitative estimate of drug-likeness (QED) is 0.839. The zero-order chi connectivity index (χ0) is 13.7. The summed E-state index contributed by atoms with van der Waals surface area (Å²) in [5.74, 6) is -0.177. The first kappa shape index (κ1) is 13.2. The van der Waals surface area contributed by atoms with Crippen molar-refractivity contribution in [2.45, 2.75) is 11.3 Å². The van der Waals surface area contributed by atoms with E-state index in [2.05, 4.69) is 24.0 Å². The summed E-state index contributed by atoms with van der Waals surface area (Å²) in [5, 5.41) is 11.4. The summed E-state index contributed by atoms with van der Waals surface area (Å²) >= 11 is 4.20. The molecule has 0 radical (unpaired) electrons. The van der Waals surface area contributed by atoms with Crippen molar-refractivity contribution in [2.75, 3.05) is 5.32 Å². The van der Waals surface area contributed by atoms with Crippen LogP contribution in [0.2, 0.25) is 0 Å². The molecule has 0 aliphatic carbocycles. The van der Waals surface area contributed by atoms with Crippen LogP contribution in [0.1, 0.15) is 15.9 Å². The third-order valence-electron chi connectivity index (χ3n) is 2.60. The molecular weight excluding hydrogens is 256 g/mol. The third kappa shape index (κ3) is 3.60. The summed E-state index contributed by atoms with van der Waals surface area (Å²) in [6, 6.07) is 16.4. The standard InChI is InChI=1S/C15H12N2OS/c16-9-8-11-4-6-13(7-5-11)17-15(18)12-2-1-3-14(19)10-12/h1-7,10,19H,8H2,(H,17,18). The van der Waals surface area contributed by atoms with Crippen LogP contribution in [0.4, 0.5) is 5.69 Å². The highest BCUT2D eigenvalue weighted by Gasteiger charge is 2.05.